The van der Waals surface area contributed by atoms with Crippen LogP contribution >= 0.6 is 11.8 Å². The van der Waals surface area contributed by atoms with Crippen LogP contribution < -0.4 is 10.6 Å². The molecule has 1 fully saturated rings. The molecule has 15 heavy (non-hydrogen) atoms. The van der Waals surface area contributed by atoms with Crippen LogP contribution in [0.1, 0.15) is 17.7 Å². The van der Waals surface area contributed by atoms with Gasteiger partial charge in [0.2, 0.25) is 5.91 Å². The first kappa shape index (κ1) is 10.5. The van der Waals surface area contributed by atoms with Gasteiger partial charge in [0.25, 0.3) is 0 Å². The average Bonchev–Trinajstić information content (AvgIpc) is 2.70. The van der Waals surface area contributed by atoms with Crippen LogP contribution in [0, 0.1) is 0 Å². The highest BCUT2D eigenvalue weighted by Gasteiger charge is 2.19. The molecule has 3 nitrogen and oxygen atoms in total. The van der Waals surface area contributed by atoms with E-state index in [0.29, 0.717) is 5.25 Å². The van der Waals surface area contributed by atoms with Gasteiger partial charge in [-0.05, 0) is 11.6 Å². The van der Waals surface area contributed by atoms with Gasteiger partial charge in [0.15, 0.2) is 0 Å². The quantitative estimate of drug-likeness (QED) is 0.804. The SMILES string of the molecule is CC(=O)Nc1ccccc1C1CNCS1. The number of thioether (sulfide) groups is 1. The highest BCUT2D eigenvalue weighted by molar-refractivity contribution is 7.99. The second kappa shape index (κ2) is 4.68. The second-order valence-corrected chi connectivity index (χ2v) is 4.71. The minimum Gasteiger partial charge on any atom is -0.326 e. The van der Waals surface area contributed by atoms with Crippen molar-refractivity contribution in [1.29, 1.82) is 0 Å². The fraction of sp³-hybridized carbons (Fsp3) is 0.364. The molecule has 1 aliphatic heterocycles. The molecule has 0 aliphatic carbocycles. The van der Waals surface area contributed by atoms with Gasteiger partial charge >= 0.3 is 0 Å². The molecule has 0 saturated carbocycles. The minimum atomic E-state index is -0.0154. The molecule has 2 rings (SSSR count). The Kier molecular flexibility index (Phi) is 3.28. The maximum atomic E-state index is 11.0. The van der Waals surface area contributed by atoms with E-state index in [9.17, 15) is 4.79 Å². The molecule has 1 saturated heterocycles. The van der Waals surface area contributed by atoms with Gasteiger partial charge in [-0.1, -0.05) is 18.2 Å². The average molecular weight is 222 g/mol. The van der Waals surface area contributed by atoms with Crippen LogP contribution in [-0.2, 0) is 4.79 Å². The largest absolute Gasteiger partial charge is 0.326 e. The van der Waals surface area contributed by atoms with Crippen molar-refractivity contribution in [1.82, 2.24) is 5.32 Å². The Labute approximate surface area is 93.6 Å². The molecule has 1 unspecified atom stereocenters. The molecule has 1 amide bonds. The first-order chi connectivity index (χ1) is 7.27. The van der Waals surface area contributed by atoms with E-state index in [1.807, 2.05) is 30.0 Å². The van der Waals surface area contributed by atoms with E-state index in [4.69, 9.17) is 0 Å². The molecule has 0 radical (unpaired) electrons. The van der Waals surface area contributed by atoms with Crippen LogP contribution in [-0.4, -0.2) is 18.3 Å². The van der Waals surface area contributed by atoms with E-state index in [1.54, 1.807) is 0 Å². The number of carbonyl (C=O) groups is 1. The van der Waals surface area contributed by atoms with E-state index in [1.165, 1.54) is 12.5 Å². The van der Waals surface area contributed by atoms with Gasteiger partial charge in [0.1, 0.15) is 0 Å². The molecule has 4 heteroatoms. The molecular weight excluding hydrogens is 208 g/mol. The molecule has 1 heterocycles. The standard InChI is InChI=1S/C11H14N2OS/c1-8(14)13-10-5-3-2-4-9(10)11-6-12-7-15-11/h2-5,11-12H,6-7H2,1H3,(H,13,14). The van der Waals surface area contributed by atoms with Crippen LogP contribution in [0.3, 0.4) is 0 Å². The lowest BCUT2D eigenvalue weighted by Gasteiger charge is -2.13. The number of hydrogen-bond donors (Lipinski definition) is 2. The van der Waals surface area contributed by atoms with Crippen LogP contribution in [0.2, 0.25) is 0 Å². The van der Waals surface area contributed by atoms with E-state index < -0.39 is 0 Å². The van der Waals surface area contributed by atoms with E-state index in [-0.39, 0.29) is 5.91 Å². The molecule has 1 aliphatic rings. The third-order valence-electron chi connectivity index (χ3n) is 2.33. The third-order valence-corrected chi connectivity index (χ3v) is 3.53. The van der Waals surface area contributed by atoms with E-state index in [0.717, 1.165) is 18.1 Å². The summed E-state index contributed by atoms with van der Waals surface area (Å²) < 4.78 is 0. The summed E-state index contributed by atoms with van der Waals surface area (Å²) in [5.74, 6) is 0.970. The number of carbonyl (C=O) groups excluding carboxylic acids is 1. The first-order valence-corrected chi connectivity index (χ1v) is 6.01. The summed E-state index contributed by atoms with van der Waals surface area (Å²) in [5, 5.41) is 6.62. The number of nitrogens with one attached hydrogen (secondary N) is 2. The number of benzene rings is 1. The molecular formula is C11H14N2OS. The summed E-state index contributed by atoms with van der Waals surface area (Å²) in [6, 6.07) is 7.99. The van der Waals surface area contributed by atoms with Crippen molar-refractivity contribution in [3.8, 4) is 0 Å². The normalized spacial score (nSPS) is 20.2. The van der Waals surface area contributed by atoms with E-state index >= 15 is 0 Å². The lowest BCUT2D eigenvalue weighted by molar-refractivity contribution is -0.114. The number of para-hydroxylation sites is 1. The number of anilines is 1. The third kappa shape index (κ3) is 2.52. The van der Waals surface area contributed by atoms with E-state index in [2.05, 4.69) is 16.7 Å². The second-order valence-electron chi connectivity index (χ2n) is 3.52. The predicted molar refractivity (Wildman–Crippen MR) is 63.9 cm³/mol. The topological polar surface area (TPSA) is 41.1 Å². The maximum Gasteiger partial charge on any atom is 0.221 e. The van der Waals surface area contributed by atoms with Gasteiger partial charge < -0.3 is 10.6 Å². The van der Waals surface area contributed by atoms with Crippen molar-refractivity contribution in [2.24, 2.45) is 0 Å². The van der Waals surface area contributed by atoms with Crippen LogP contribution in [0.25, 0.3) is 0 Å². The Morgan fingerprint density at radius 2 is 2.33 bits per heavy atom. The van der Waals surface area contributed by atoms with Gasteiger partial charge in [-0.3, -0.25) is 4.79 Å². The van der Waals surface area contributed by atoms with Crippen molar-refractivity contribution in [3.05, 3.63) is 29.8 Å². The minimum absolute atomic E-state index is 0.0154. The van der Waals surface area contributed by atoms with Crippen molar-refractivity contribution in [2.75, 3.05) is 17.7 Å². The maximum absolute atomic E-state index is 11.0. The number of rotatable bonds is 2. The van der Waals surface area contributed by atoms with Gasteiger partial charge in [0.05, 0.1) is 0 Å². The Bertz CT molecular complexity index is 361. The Hall–Kier alpha value is -1.00. The highest BCUT2D eigenvalue weighted by Crippen LogP contribution is 2.35. The molecule has 1 atom stereocenters. The van der Waals surface area contributed by atoms with Gasteiger partial charge in [0, 0.05) is 30.3 Å². The lowest BCUT2D eigenvalue weighted by atomic mass is 10.1. The molecule has 1 aromatic rings. The predicted octanol–water partition coefficient (Wildman–Crippen LogP) is 1.98. The smallest absolute Gasteiger partial charge is 0.221 e. The van der Waals surface area contributed by atoms with Crippen LogP contribution in [0.4, 0.5) is 5.69 Å². The molecule has 0 aromatic heterocycles. The monoisotopic (exact) mass is 222 g/mol. The summed E-state index contributed by atoms with van der Waals surface area (Å²) in [7, 11) is 0. The lowest BCUT2D eigenvalue weighted by Crippen LogP contribution is -2.12. The summed E-state index contributed by atoms with van der Waals surface area (Å²) in [6.45, 7) is 2.51. The van der Waals surface area contributed by atoms with Crippen molar-refractivity contribution in [3.63, 3.8) is 0 Å². The molecule has 1 aromatic carbocycles. The summed E-state index contributed by atoms with van der Waals surface area (Å²) >= 11 is 1.87. The fourth-order valence-electron chi connectivity index (χ4n) is 1.69. The van der Waals surface area contributed by atoms with Gasteiger partial charge in [-0.15, -0.1) is 11.8 Å². The summed E-state index contributed by atoms with van der Waals surface area (Å²) in [4.78, 5) is 11.0. The van der Waals surface area contributed by atoms with Crippen LogP contribution in [0.5, 0.6) is 0 Å². The fourth-order valence-corrected chi connectivity index (χ4v) is 2.75. The molecule has 2 N–H and O–H groups in total. The Morgan fingerprint density at radius 1 is 1.53 bits per heavy atom. The molecule has 80 valence electrons. The zero-order valence-corrected chi connectivity index (χ0v) is 9.43. The zero-order valence-electron chi connectivity index (χ0n) is 8.62. The summed E-state index contributed by atoms with van der Waals surface area (Å²) in [6.07, 6.45) is 0. The summed E-state index contributed by atoms with van der Waals surface area (Å²) in [5.41, 5.74) is 2.15. The van der Waals surface area contributed by atoms with Crippen molar-refractivity contribution >= 4 is 23.4 Å². The van der Waals surface area contributed by atoms with Crippen LogP contribution in [0.15, 0.2) is 24.3 Å². The van der Waals surface area contributed by atoms with Gasteiger partial charge in [-0.25, -0.2) is 0 Å². The first-order valence-electron chi connectivity index (χ1n) is 4.96. The van der Waals surface area contributed by atoms with Crippen molar-refractivity contribution < 1.29 is 4.79 Å². The Morgan fingerprint density at radius 3 is 3.00 bits per heavy atom. The van der Waals surface area contributed by atoms with Gasteiger partial charge in [-0.2, -0.15) is 0 Å². The van der Waals surface area contributed by atoms with Crippen molar-refractivity contribution in [2.45, 2.75) is 12.2 Å². The Balaban J connectivity index is 2.24. The zero-order chi connectivity index (χ0) is 10.7. The molecule has 0 spiro atoms. The highest BCUT2D eigenvalue weighted by atomic mass is 32.2. The number of hydrogen-bond acceptors (Lipinski definition) is 3. The number of amides is 1. The molecule has 0 bridgehead atoms.